The van der Waals surface area contributed by atoms with Gasteiger partial charge in [0.15, 0.2) is 0 Å². The van der Waals surface area contributed by atoms with Crippen molar-refractivity contribution in [2.45, 2.75) is 19.4 Å². The quantitative estimate of drug-likeness (QED) is 0.784. The van der Waals surface area contributed by atoms with Gasteiger partial charge in [0.25, 0.3) is 0 Å². The molecule has 2 rings (SSSR count). The lowest BCUT2D eigenvalue weighted by atomic mass is 10.2. The highest BCUT2D eigenvalue weighted by Crippen LogP contribution is 2.25. The first kappa shape index (κ1) is 13.7. The molecule has 0 saturated heterocycles. The molecule has 0 aliphatic heterocycles. The van der Waals surface area contributed by atoms with E-state index in [9.17, 15) is 0 Å². The van der Waals surface area contributed by atoms with Gasteiger partial charge in [-0.15, -0.1) is 11.6 Å². The van der Waals surface area contributed by atoms with Crippen molar-refractivity contribution in [3.63, 3.8) is 0 Å². The number of hydrogen-bond acceptors (Lipinski definition) is 2. The highest BCUT2D eigenvalue weighted by Gasteiger charge is 2.15. The van der Waals surface area contributed by atoms with Gasteiger partial charge >= 0.3 is 0 Å². The van der Waals surface area contributed by atoms with Crippen LogP contribution in [0.15, 0.2) is 18.2 Å². The molecule has 1 heterocycles. The molecule has 0 aliphatic carbocycles. The summed E-state index contributed by atoms with van der Waals surface area (Å²) in [4.78, 5) is 4.61. The standard InChI is InChI=1S/C13H16Cl2N2O/c1-9(8-18-2)17-12-7-10(15)3-4-11(12)16-13(17)5-6-14/h3-4,7,9H,5-6,8H2,1-2H3. The maximum atomic E-state index is 6.06. The Kier molecular flexibility index (Phi) is 4.49. The van der Waals surface area contributed by atoms with Gasteiger partial charge in [-0.1, -0.05) is 11.6 Å². The van der Waals surface area contributed by atoms with Gasteiger partial charge in [-0.25, -0.2) is 4.98 Å². The minimum atomic E-state index is 0.205. The summed E-state index contributed by atoms with van der Waals surface area (Å²) < 4.78 is 7.38. The first-order valence-corrected chi connectivity index (χ1v) is 6.80. The number of imidazole rings is 1. The van der Waals surface area contributed by atoms with Gasteiger partial charge in [-0.3, -0.25) is 0 Å². The predicted octanol–water partition coefficient (Wildman–Crippen LogP) is 3.68. The molecule has 3 nitrogen and oxygen atoms in total. The monoisotopic (exact) mass is 286 g/mol. The molecule has 0 N–H and O–H groups in total. The Hall–Kier alpha value is -0.770. The molecule has 2 aromatic rings. The molecule has 1 aromatic carbocycles. The summed E-state index contributed by atoms with van der Waals surface area (Å²) in [6, 6.07) is 5.93. The summed E-state index contributed by atoms with van der Waals surface area (Å²) in [5.74, 6) is 1.53. The molecule has 98 valence electrons. The number of halogens is 2. The van der Waals surface area contributed by atoms with Gasteiger partial charge in [-0.05, 0) is 25.1 Å². The van der Waals surface area contributed by atoms with Crippen LogP contribution in [0, 0.1) is 0 Å². The topological polar surface area (TPSA) is 27.1 Å². The molecule has 0 amide bonds. The zero-order chi connectivity index (χ0) is 13.1. The third-order valence-electron chi connectivity index (χ3n) is 2.89. The summed E-state index contributed by atoms with van der Waals surface area (Å²) in [7, 11) is 1.70. The van der Waals surface area contributed by atoms with Crippen molar-refractivity contribution in [2.24, 2.45) is 0 Å². The van der Waals surface area contributed by atoms with Crippen LogP contribution in [-0.2, 0) is 11.2 Å². The van der Waals surface area contributed by atoms with Crippen molar-refractivity contribution in [3.05, 3.63) is 29.0 Å². The molecule has 1 aromatic heterocycles. The van der Waals surface area contributed by atoms with Crippen LogP contribution in [0.5, 0.6) is 0 Å². The van der Waals surface area contributed by atoms with E-state index in [0.29, 0.717) is 17.5 Å². The van der Waals surface area contributed by atoms with Crippen molar-refractivity contribution in [1.29, 1.82) is 0 Å². The van der Waals surface area contributed by atoms with Crippen molar-refractivity contribution in [3.8, 4) is 0 Å². The number of hydrogen-bond donors (Lipinski definition) is 0. The molecule has 0 aliphatic rings. The van der Waals surface area contributed by atoms with Crippen LogP contribution in [0.2, 0.25) is 5.02 Å². The summed E-state index contributed by atoms with van der Waals surface area (Å²) in [5, 5.41) is 0.714. The number of aryl methyl sites for hydroxylation is 1. The maximum absolute atomic E-state index is 6.06. The van der Waals surface area contributed by atoms with Crippen molar-refractivity contribution in [1.82, 2.24) is 9.55 Å². The minimum Gasteiger partial charge on any atom is -0.383 e. The second kappa shape index (κ2) is 5.91. The van der Waals surface area contributed by atoms with Gasteiger partial charge in [-0.2, -0.15) is 0 Å². The largest absolute Gasteiger partial charge is 0.383 e. The number of ether oxygens (including phenoxy) is 1. The van der Waals surface area contributed by atoms with E-state index >= 15 is 0 Å². The number of methoxy groups -OCH3 is 1. The Morgan fingerprint density at radius 3 is 2.89 bits per heavy atom. The summed E-state index contributed by atoms with van der Waals surface area (Å²) in [5.41, 5.74) is 1.98. The fraction of sp³-hybridized carbons (Fsp3) is 0.462. The molecule has 0 saturated carbocycles. The third kappa shape index (κ3) is 2.63. The normalized spacial score (nSPS) is 13.1. The summed E-state index contributed by atoms with van der Waals surface area (Å²) >= 11 is 11.9. The lowest BCUT2D eigenvalue weighted by Gasteiger charge is -2.16. The molecule has 0 fully saturated rings. The number of alkyl halides is 1. The van der Waals surface area contributed by atoms with Crippen molar-refractivity contribution < 1.29 is 4.74 Å². The smallest absolute Gasteiger partial charge is 0.111 e. The molecular weight excluding hydrogens is 271 g/mol. The van der Waals surface area contributed by atoms with E-state index in [4.69, 9.17) is 27.9 Å². The van der Waals surface area contributed by atoms with Crippen LogP contribution in [0.4, 0.5) is 0 Å². The Balaban J connectivity index is 2.56. The van der Waals surface area contributed by atoms with Gasteiger partial charge in [0.05, 0.1) is 23.7 Å². The van der Waals surface area contributed by atoms with E-state index in [1.54, 1.807) is 7.11 Å². The van der Waals surface area contributed by atoms with Crippen LogP contribution in [0.3, 0.4) is 0 Å². The van der Waals surface area contributed by atoms with Gasteiger partial charge < -0.3 is 9.30 Å². The zero-order valence-electron chi connectivity index (χ0n) is 10.5. The summed E-state index contributed by atoms with van der Waals surface area (Å²) in [6.45, 7) is 2.73. The lowest BCUT2D eigenvalue weighted by molar-refractivity contribution is 0.162. The van der Waals surface area contributed by atoms with Crippen LogP contribution >= 0.6 is 23.2 Å². The lowest BCUT2D eigenvalue weighted by Crippen LogP contribution is -2.14. The van der Waals surface area contributed by atoms with E-state index in [1.807, 2.05) is 18.2 Å². The number of fused-ring (bicyclic) bond motifs is 1. The van der Waals surface area contributed by atoms with Crippen LogP contribution in [-0.4, -0.2) is 29.1 Å². The first-order chi connectivity index (χ1) is 8.67. The highest BCUT2D eigenvalue weighted by molar-refractivity contribution is 6.31. The molecular formula is C13H16Cl2N2O. The third-order valence-corrected chi connectivity index (χ3v) is 3.32. The Bertz CT molecular complexity index is 539. The second-order valence-electron chi connectivity index (χ2n) is 4.27. The Labute approximate surface area is 117 Å². The SMILES string of the molecule is COCC(C)n1c(CCCl)nc2ccc(Cl)cc21. The van der Waals surface area contributed by atoms with Crippen molar-refractivity contribution in [2.75, 3.05) is 19.6 Å². The minimum absolute atomic E-state index is 0.205. The molecule has 0 spiro atoms. The zero-order valence-corrected chi connectivity index (χ0v) is 12.0. The average molecular weight is 287 g/mol. The van der Waals surface area contributed by atoms with E-state index in [2.05, 4.69) is 16.5 Å². The van der Waals surface area contributed by atoms with Gasteiger partial charge in [0.2, 0.25) is 0 Å². The number of benzene rings is 1. The van der Waals surface area contributed by atoms with Gasteiger partial charge in [0.1, 0.15) is 5.82 Å². The number of rotatable bonds is 5. The molecule has 0 radical (unpaired) electrons. The number of aromatic nitrogens is 2. The second-order valence-corrected chi connectivity index (χ2v) is 5.09. The fourth-order valence-electron chi connectivity index (χ4n) is 2.18. The molecule has 1 atom stereocenters. The van der Waals surface area contributed by atoms with E-state index in [0.717, 1.165) is 23.3 Å². The van der Waals surface area contributed by atoms with E-state index < -0.39 is 0 Å². The average Bonchev–Trinajstić information content (AvgIpc) is 2.67. The Morgan fingerprint density at radius 1 is 1.44 bits per heavy atom. The van der Waals surface area contributed by atoms with Crippen molar-refractivity contribution >= 4 is 34.2 Å². The van der Waals surface area contributed by atoms with Crippen LogP contribution in [0.25, 0.3) is 11.0 Å². The van der Waals surface area contributed by atoms with E-state index in [-0.39, 0.29) is 6.04 Å². The summed E-state index contributed by atoms with van der Waals surface area (Å²) in [6.07, 6.45) is 0.738. The van der Waals surface area contributed by atoms with E-state index in [1.165, 1.54) is 0 Å². The Morgan fingerprint density at radius 2 is 2.22 bits per heavy atom. The fourth-order valence-corrected chi connectivity index (χ4v) is 2.52. The van der Waals surface area contributed by atoms with Gasteiger partial charge in [0, 0.05) is 24.4 Å². The van der Waals surface area contributed by atoms with Crippen LogP contribution in [0.1, 0.15) is 18.8 Å². The predicted molar refractivity (Wildman–Crippen MR) is 75.8 cm³/mol. The maximum Gasteiger partial charge on any atom is 0.111 e. The highest BCUT2D eigenvalue weighted by atomic mass is 35.5. The first-order valence-electron chi connectivity index (χ1n) is 5.88. The molecule has 18 heavy (non-hydrogen) atoms. The molecule has 1 unspecified atom stereocenters. The molecule has 0 bridgehead atoms. The number of nitrogens with zero attached hydrogens (tertiary/aromatic N) is 2. The molecule has 5 heteroatoms. The van der Waals surface area contributed by atoms with Crippen LogP contribution < -0.4 is 0 Å².